The Morgan fingerprint density at radius 2 is 2.20 bits per heavy atom. The molecule has 1 N–H and O–H groups in total. The van der Waals surface area contributed by atoms with Crippen molar-refractivity contribution in [3.63, 3.8) is 0 Å². The Kier molecular flexibility index (Phi) is 5.66. The maximum atomic E-state index is 6.03. The third kappa shape index (κ3) is 4.18. The number of hydrogen-bond donors (Lipinski definition) is 1. The topological polar surface area (TPSA) is 21.3 Å². The zero-order chi connectivity index (χ0) is 11.1. The molecule has 0 aliphatic carbocycles. The standard InChI is InChI=1S/C11H15Cl2NO/c1-2-15-11-5-4-9(8-10(11)13)14-7-3-6-12/h4-5,8,14H,2-3,6-7H2,1H3. The Balaban J connectivity index is 2.56. The molecule has 0 aliphatic rings. The summed E-state index contributed by atoms with van der Waals surface area (Å²) >= 11 is 11.6. The first-order valence-corrected chi connectivity index (χ1v) is 5.91. The number of alkyl halides is 1. The van der Waals surface area contributed by atoms with Crippen LogP contribution in [0.4, 0.5) is 5.69 Å². The van der Waals surface area contributed by atoms with Gasteiger partial charge in [0.25, 0.3) is 0 Å². The highest BCUT2D eigenvalue weighted by Gasteiger charge is 2.01. The number of nitrogens with one attached hydrogen (secondary N) is 1. The van der Waals surface area contributed by atoms with E-state index >= 15 is 0 Å². The predicted molar refractivity (Wildman–Crippen MR) is 66.4 cm³/mol. The number of halogens is 2. The van der Waals surface area contributed by atoms with E-state index in [1.165, 1.54) is 0 Å². The Morgan fingerprint density at radius 1 is 1.40 bits per heavy atom. The summed E-state index contributed by atoms with van der Waals surface area (Å²) in [6.45, 7) is 3.41. The van der Waals surface area contributed by atoms with Crippen LogP contribution in [-0.4, -0.2) is 19.0 Å². The molecule has 15 heavy (non-hydrogen) atoms. The normalized spacial score (nSPS) is 10.1. The van der Waals surface area contributed by atoms with Gasteiger partial charge < -0.3 is 10.1 Å². The summed E-state index contributed by atoms with van der Waals surface area (Å²) in [5.41, 5.74) is 0.994. The van der Waals surface area contributed by atoms with Gasteiger partial charge in [0.15, 0.2) is 0 Å². The van der Waals surface area contributed by atoms with Crippen LogP contribution in [0.15, 0.2) is 18.2 Å². The Bertz CT molecular complexity index is 305. The molecule has 1 aromatic rings. The molecular formula is C11H15Cl2NO. The van der Waals surface area contributed by atoms with Crippen molar-refractivity contribution in [2.75, 3.05) is 24.3 Å². The van der Waals surface area contributed by atoms with Gasteiger partial charge in [-0.1, -0.05) is 11.6 Å². The monoisotopic (exact) mass is 247 g/mol. The van der Waals surface area contributed by atoms with Gasteiger partial charge in [-0.3, -0.25) is 0 Å². The predicted octanol–water partition coefficient (Wildman–Crippen LogP) is 3.78. The molecule has 0 radical (unpaired) electrons. The lowest BCUT2D eigenvalue weighted by Gasteiger charge is -2.09. The third-order valence-corrected chi connectivity index (χ3v) is 2.43. The van der Waals surface area contributed by atoms with E-state index in [9.17, 15) is 0 Å². The minimum Gasteiger partial charge on any atom is -0.492 e. The van der Waals surface area contributed by atoms with Crippen LogP contribution >= 0.6 is 23.2 Å². The first-order valence-electron chi connectivity index (χ1n) is 5.00. The van der Waals surface area contributed by atoms with Crippen molar-refractivity contribution in [1.29, 1.82) is 0 Å². The number of hydrogen-bond acceptors (Lipinski definition) is 2. The Labute approximate surface area is 101 Å². The van der Waals surface area contributed by atoms with Gasteiger partial charge >= 0.3 is 0 Å². The van der Waals surface area contributed by atoms with Gasteiger partial charge in [-0.25, -0.2) is 0 Å². The lowest BCUT2D eigenvalue weighted by atomic mass is 10.3. The largest absolute Gasteiger partial charge is 0.492 e. The van der Waals surface area contributed by atoms with Gasteiger partial charge in [0, 0.05) is 18.1 Å². The fourth-order valence-corrected chi connectivity index (χ4v) is 1.55. The maximum absolute atomic E-state index is 6.03. The SMILES string of the molecule is CCOc1ccc(NCCCCl)cc1Cl. The molecule has 0 unspecified atom stereocenters. The fourth-order valence-electron chi connectivity index (χ4n) is 1.18. The summed E-state index contributed by atoms with van der Waals surface area (Å²) in [4.78, 5) is 0. The maximum Gasteiger partial charge on any atom is 0.138 e. The van der Waals surface area contributed by atoms with Crippen LogP contribution in [0.25, 0.3) is 0 Å². The summed E-state index contributed by atoms with van der Waals surface area (Å²) in [6.07, 6.45) is 0.937. The number of benzene rings is 1. The minimum atomic E-state index is 0.624. The molecule has 1 aromatic carbocycles. The van der Waals surface area contributed by atoms with Gasteiger partial charge in [-0.15, -0.1) is 11.6 Å². The van der Waals surface area contributed by atoms with Crippen LogP contribution in [-0.2, 0) is 0 Å². The van der Waals surface area contributed by atoms with Gasteiger partial charge in [-0.05, 0) is 31.5 Å². The average molecular weight is 248 g/mol. The molecule has 0 bridgehead atoms. The minimum absolute atomic E-state index is 0.624. The van der Waals surface area contributed by atoms with E-state index in [-0.39, 0.29) is 0 Å². The molecule has 0 atom stereocenters. The van der Waals surface area contributed by atoms with Crippen LogP contribution < -0.4 is 10.1 Å². The molecule has 0 aromatic heterocycles. The molecule has 84 valence electrons. The molecule has 4 heteroatoms. The van der Waals surface area contributed by atoms with Gasteiger partial charge in [-0.2, -0.15) is 0 Å². The zero-order valence-electron chi connectivity index (χ0n) is 8.72. The molecule has 0 saturated carbocycles. The van der Waals surface area contributed by atoms with E-state index in [4.69, 9.17) is 27.9 Å². The second-order valence-electron chi connectivity index (χ2n) is 3.05. The number of ether oxygens (including phenoxy) is 1. The molecule has 0 heterocycles. The molecule has 0 aliphatic heterocycles. The van der Waals surface area contributed by atoms with E-state index in [0.29, 0.717) is 17.5 Å². The second-order valence-corrected chi connectivity index (χ2v) is 3.83. The summed E-state index contributed by atoms with van der Waals surface area (Å²) in [6, 6.07) is 5.68. The molecule has 2 nitrogen and oxygen atoms in total. The van der Waals surface area contributed by atoms with Crippen molar-refractivity contribution in [3.8, 4) is 5.75 Å². The third-order valence-electron chi connectivity index (χ3n) is 1.87. The van der Waals surface area contributed by atoms with Gasteiger partial charge in [0.1, 0.15) is 5.75 Å². The van der Waals surface area contributed by atoms with Crippen molar-refractivity contribution in [2.45, 2.75) is 13.3 Å². The van der Waals surface area contributed by atoms with Crippen molar-refractivity contribution < 1.29 is 4.74 Å². The van der Waals surface area contributed by atoms with Crippen molar-refractivity contribution in [3.05, 3.63) is 23.2 Å². The zero-order valence-corrected chi connectivity index (χ0v) is 10.2. The van der Waals surface area contributed by atoms with Crippen LogP contribution in [0.5, 0.6) is 5.75 Å². The summed E-state index contributed by atoms with van der Waals surface area (Å²) < 4.78 is 5.34. The van der Waals surface area contributed by atoms with Crippen LogP contribution in [0, 0.1) is 0 Å². The van der Waals surface area contributed by atoms with E-state index < -0.39 is 0 Å². The second kappa shape index (κ2) is 6.81. The van der Waals surface area contributed by atoms with Gasteiger partial charge in [0.05, 0.1) is 11.6 Å². The summed E-state index contributed by atoms with van der Waals surface area (Å²) in [5, 5.41) is 3.86. The highest BCUT2D eigenvalue weighted by Crippen LogP contribution is 2.27. The molecule has 0 amide bonds. The lowest BCUT2D eigenvalue weighted by molar-refractivity contribution is 0.340. The average Bonchev–Trinajstić information content (AvgIpc) is 2.23. The van der Waals surface area contributed by atoms with Crippen molar-refractivity contribution in [1.82, 2.24) is 0 Å². The quantitative estimate of drug-likeness (QED) is 0.611. The molecular weight excluding hydrogens is 233 g/mol. The molecule has 1 rings (SSSR count). The molecule has 0 fully saturated rings. The Hall–Kier alpha value is -0.600. The molecule has 0 saturated heterocycles. The summed E-state index contributed by atoms with van der Waals surface area (Å²) in [5.74, 6) is 1.39. The van der Waals surface area contributed by atoms with E-state index in [0.717, 1.165) is 24.4 Å². The number of rotatable bonds is 6. The van der Waals surface area contributed by atoms with E-state index in [2.05, 4.69) is 5.32 Å². The molecule has 0 spiro atoms. The summed E-state index contributed by atoms with van der Waals surface area (Å²) in [7, 11) is 0. The van der Waals surface area contributed by atoms with Crippen molar-refractivity contribution in [2.24, 2.45) is 0 Å². The van der Waals surface area contributed by atoms with E-state index in [1.54, 1.807) is 0 Å². The van der Waals surface area contributed by atoms with E-state index in [1.807, 2.05) is 25.1 Å². The van der Waals surface area contributed by atoms with Crippen LogP contribution in [0.3, 0.4) is 0 Å². The number of anilines is 1. The Morgan fingerprint density at radius 3 is 2.80 bits per heavy atom. The lowest BCUT2D eigenvalue weighted by Crippen LogP contribution is -2.02. The highest BCUT2D eigenvalue weighted by molar-refractivity contribution is 6.32. The first-order chi connectivity index (χ1) is 7.27. The van der Waals surface area contributed by atoms with Gasteiger partial charge in [0.2, 0.25) is 0 Å². The van der Waals surface area contributed by atoms with Crippen molar-refractivity contribution >= 4 is 28.9 Å². The van der Waals surface area contributed by atoms with Crippen LogP contribution in [0.2, 0.25) is 5.02 Å². The smallest absolute Gasteiger partial charge is 0.138 e. The first kappa shape index (κ1) is 12.5. The fraction of sp³-hybridized carbons (Fsp3) is 0.455. The van der Waals surface area contributed by atoms with Crippen LogP contribution in [0.1, 0.15) is 13.3 Å². The highest BCUT2D eigenvalue weighted by atomic mass is 35.5.